The van der Waals surface area contributed by atoms with Crippen LogP contribution in [0.1, 0.15) is 37.7 Å². The summed E-state index contributed by atoms with van der Waals surface area (Å²) in [5.41, 5.74) is 1.66. The minimum atomic E-state index is 0.382. The maximum atomic E-state index is 6.07. The first-order valence-electron chi connectivity index (χ1n) is 10.6. The van der Waals surface area contributed by atoms with Gasteiger partial charge in [0, 0.05) is 32.2 Å². The zero-order valence-electron chi connectivity index (χ0n) is 16.7. The molecule has 1 atom stereocenters. The Bertz CT molecular complexity index is 610. The van der Waals surface area contributed by atoms with Gasteiger partial charge in [-0.3, -0.25) is 4.90 Å². The molecule has 3 aliphatic rings. The van der Waals surface area contributed by atoms with E-state index < -0.39 is 0 Å². The molecule has 2 heterocycles. The van der Waals surface area contributed by atoms with Gasteiger partial charge >= 0.3 is 0 Å². The molecule has 0 aromatic heterocycles. The topological polar surface area (TPSA) is 43.0 Å². The van der Waals surface area contributed by atoms with Crippen molar-refractivity contribution in [3.63, 3.8) is 0 Å². The second kappa shape index (κ2) is 8.80. The van der Waals surface area contributed by atoms with Gasteiger partial charge in [-0.1, -0.05) is 31.4 Å². The fourth-order valence-corrected chi connectivity index (χ4v) is 4.97. The predicted molar refractivity (Wildman–Crippen MR) is 107 cm³/mol. The number of hydrogen-bond donors (Lipinski definition) is 1. The Kier molecular flexibility index (Phi) is 6.21. The van der Waals surface area contributed by atoms with Crippen molar-refractivity contribution in [1.82, 2.24) is 10.2 Å². The SMILES string of the molecule is COc1cccc2c1OCC(NCC1(CN3CCOCC3)CCCCC1)C2. The van der Waals surface area contributed by atoms with Crippen molar-refractivity contribution in [2.45, 2.75) is 44.6 Å². The number of rotatable bonds is 6. The van der Waals surface area contributed by atoms with Gasteiger partial charge in [0.15, 0.2) is 11.5 Å². The van der Waals surface area contributed by atoms with E-state index in [1.54, 1.807) is 7.11 Å². The maximum absolute atomic E-state index is 6.07. The molecule has 0 bridgehead atoms. The second-order valence-corrected chi connectivity index (χ2v) is 8.49. The highest BCUT2D eigenvalue weighted by molar-refractivity contribution is 5.48. The molecule has 0 amide bonds. The first-order valence-corrected chi connectivity index (χ1v) is 10.6. The minimum Gasteiger partial charge on any atom is -0.493 e. The lowest BCUT2D eigenvalue weighted by Crippen LogP contribution is -2.51. The van der Waals surface area contributed by atoms with E-state index >= 15 is 0 Å². The monoisotopic (exact) mass is 374 g/mol. The van der Waals surface area contributed by atoms with Crippen LogP contribution in [-0.2, 0) is 11.2 Å². The van der Waals surface area contributed by atoms with Gasteiger partial charge < -0.3 is 19.5 Å². The van der Waals surface area contributed by atoms with Crippen LogP contribution in [-0.4, -0.2) is 64.1 Å². The molecule has 1 saturated heterocycles. The number of fused-ring (bicyclic) bond motifs is 1. The molecular formula is C22H34N2O3. The van der Waals surface area contributed by atoms with Gasteiger partial charge in [0.05, 0.1) is 20.3 Å². The molecule has 1 N–H and O–H groups in total. The third kappa shape index (κ3) is 4.58. The van der Waals surface area contributed by atoms with E-state index in [1.165, 1.54) is 44.2 Å². The number of benzene rings is 1. The third-order valence-corrected chi connectivity index (χ3v) is 6.52. The summed E-state index contributed by atoms with van der Waals surface area (Å²) in [4.78, 5) is 2.62. The Morgan fingerprint density at radius 3 is 2.78 bits per heavy atom. The maximum Gasteiger partial charge on any atom is 0.164 e. The zero-order chi connectivity index (χ0) is 18.5. The molecule has 1 aromatic rings. The fourth-order valence-electron chi connectivity index (χ4n) is 4.97. The lowest BCUT2D eigenvalue weighted by molar-refractivity contribution is 0.00604. The molecule has 1 saturated carbocycles. The molecule has 5 nitrogen and oxygen atoms in total. The van der Waals surface area contributed by atoms with Crippen LogP contribution in [0.4, 0.5) is 0 Å². The van der Waals surface area contributed by atoms with Crippen LogP contribution in [0, 0.1) is 5.41 Å². The summed E-state index contributed by atoms with van der Waals surface area (Å²) in [6.07, 6.45) is 7.83. The van der Waals surface area contributed by atoms with Crippen LogP contribution in [0.2, 0.25) is 0 Å². The Labute approximate surface area is 163 Å². The van der Waals surface area contributed by atoms with Gasteiger partial charge in [-0.15, -0.1) is 0 Å². The van der Waals surface area contributed by atoms with Crippen molar-refractivity contribution in [2.24, 2.45) is 5.41 Å². The smallest absolute Gasteiger partial charge is 0.164 e. The van der Waals surface area contributed by atoms with Gasteiger partial charge in [-0.2, -0.15) is 0 Å². The quantitative estimate of drug-likeness (QED) is 0.829. The fraction of sp³-hybridized carbons (Fsp3) is 0.727. The Morgan fingerprint density at radius 1 is 1.19 bits per heavy atom. The average molecular weight is 375 g/mol. The second-order valence-electron chi connectivity index (χ2n) is 8.49. The minimum absolute atomic E-state index is 0.382. The van der Waals surface area contributed by atoms with Crippen LogP contribution >= 0.6 is 0 Å². The number of para-hydroxylation sites is 1. The number of nitrogens with one attached hydrogen (secondary N) is 1. The van der Waals surface area contributed by atoms with Crippen LogP contribution in [0.3, 0.4) is 0 Å². The summed E-state index contributed by atoms with van der Waals surface area (Å²) in [6, 6.07) is 6.58. The van der Waals surface area contributed by atoms with Crippen molar-refractivity contribution in [3.05, 3.63) is 23.8 Å². The highest BCUT2D eigenvalue weighted by Gasteiger charge is 2.35. The number of hydrogen-bond acceptors (Lipinski definition) is 5. The van der Waals surface area contributed by atoms with Gasteiger partial charge in [-0.05, 0) is 36.3 Å². The molecule has 2 fully saturated rings. The van der Waals surface area contributed by atoms with E-state index in [0.717, 1.165) is 57.4 Å². The van der Waals surface area contributed by atoms with Crippen LogP contribution in [0.5, 0.6) is 11.5 Å². The summed E-state index contributed by atoms with van der Waals surface area (Å²) in [5.74, 6) is 1.78. The lowest BCUT2D eigenvalue weighted by atomic mass is 9.73. The van der Waals surface area contributed by atoms with Crippen LogP contribution in [0.15, 0.2) is 18.2 Å². The highest BCUT2D eigenvalue weighted by Crippen LogP contribution is 2.38. The van der Waals surface area contributed by atoms with Gasteiger partial charge in [0.1, 0.15) is 6.61 Å². The molecule has 4 rings (SSSR count). The summed E-state index contributed by atoms with van der Waals surface area (Å²) in [6.45, 7) is 6.97. The Hall–Kier alpha value is -1.30. The molecule has 2 aliphatic heterocycles. The van der Waals surface area contributed by atoms with Crippen molar-refractivity contribution >= 4 is 0 Å². The van der Waals surface area contributed by atoms with E-state index in [9.17, 15) is 0 Å². The van der Waals surface area contributed by atoms with Gasteiger partial charge in [0.2, 0.25) is 0 Å². The lowest BCUT2D eigenvalue weighted by Gasteiger charge is -2.43. The summed E-state index contributed by atoms with van der Waals surface area (Å²) < 4.78 is 17.1. The van der Waals surface area contributed by atoms with E-state index in [4.69, 9.17) is 14.2 Å². The molecule has 0 spiro atoms. The van der Waals surface area contributed by atoms with Crippen LogP contribution in [0.25, 0.3) is 0 Å². The standard InChI is InChI=1S/C22H34N2O3/c1-25-20-7-5-6-18-14-19(15-27-21(18)20)23-16-22(8-3-2-4-9-22)17-24-10-12-26-13-11-24/h5-7,19,23H,2-4,8-17H2,1H3. The van der Waals surface area contributed by atoms with E-state index in [1.807, 2.05) is 6.07 Å². The highest BCUT2D eigenvalue weighted by atomic mass is 16.5. The molecule has 1 aromatic carbocycles. The molecule has 27 heavy (non-hydrogen) atoms. The van der Waals surface area contributed by atoms with E-state index in [2.05, 4.69) is 22.3 Å². The van der Waals surface area contributed by atoms with Gasteiger partial charge in [-0.25, -0.2) is 0 Å². The Morgan fingerprint density at radius 2 is 2.00 bits per heavy atom. The number of nitrogens with zero attached hydrogens (tertiary/aromatic N) is 1. The Balaban J connectivity index is 1.37. The van der Waals surface area contributed by atoms with Crippen molar-refractivity contribution in [3.8, 4) is 11.5 Å². The number of ether oxygens (including phenoxy) is 3. The van der Waals surface area contributed by atoms with E-state index in [0.29, 0.717) is 11.5 Å². The zero-order valence-corrected chi connectivity index (χ0v) is 16.7. The predicted octanol–water partition coefficient (Wildman–Crippen LogP) is 2.87. The number of morpholine rings is 1. The normalized spacial score (nSPS) is 25.4. The van der Waals surface area contributed by atoms with Crippen molar-refractivity contribution in [2.75, 3.05) is 53.1 Å². The van der Waals surface area contributed by atoms with Crippen molar-refractivity contribution < 1.29 is 14.2 Å². The third-order valence-electron chi connectivity index (χ3n) is 6.52. The average Bonchev–Trinajstić information content (AvgIpc) is 2.73. The van der Waals surface area contributed by atoms with E-state index in [-0.39, 0.29) is 0 Å². The van der Waals surface area contributed by atoms with Crippen molar-refractivity contribution in [1.29, 1.82) is 0 Å². The first kappa shape index (κ1) is 19.0. The first-order chi connectivity index (χ1) is 13.3. The molecule has 5 heteroatoms. The largest absolute Gasteiger partial charge is 0.493 e. The molecule has 0 radical (unpaired) electrons. The molecular weight excluding hydrogens is 340 g/mol. The molecule has 150 valence electrons. The summed E-state index contributed by atoms with van der Waals surface area (Å²) in [7, 11) is 1.71. The molecule has 1 aliphatic carbocycles. The number of methoxy groups -OCH3 is 1. The van der Waals surface area contributed by atoms with Crippen LogP contribution < -0.4 is 14.8 Å². The molecule has 1 unspecified atom stereocenters. The van der Waals surface area contributed by atoms with Gasteiger partial charge in [0.25, 0.3) is 0 Å². The summed E-state index contributed by atoms with van der Waals surface area (Å²) in [5, 5.41) is 3.88. The summed E-state index contributed by atoms with van der Waals surface area (Å²) >= 11 is 0.